The maximum Gasteiger partial charge on any atom is 0.256 e. The molecule has 3 rings (SSSR count). The average molecular weight is 416 g/mol. The van der Waals surface area contributed by atoms with Gasteiger partial charge in [0.1, 0.15) is 10.8 Å². The van der Waals surface area contributed by atoms with E-state index in [0.717, 1.165) is 30.8 Å². The Balaban J connectivity index is 1.54. The lowest BCUT2D eigenvalue weighted by Crippen LogP contribution is -2.40. The number of nitrogens with one attached hydrogen (secondary N) is 1. The summed E-state index contributed by atoms with van der Waals surface area (Å²) in [5.41, 5.74) is 1.98. The van der Waals surface area contributed by atoms with Gasteiger partial charge in [-0.3, -0.25) is 9.59 Å². The normalized spacial score (nSPS) is 16.5. The third-order valence-corrected chi connectivity index (χ3v) is 5.96. The number of likely N-dealkylation sites (tertiary alicyclic amines) is 1. The number of hydrogen-bond donors (Lipinski definition) is 1. The molecule has 1 fully saturated rings. The summed E-state index contributed by atoms with van der Waals surface area (Å²) in [5, 5.41) is 3.60. The fourth-order valence-electron chi connectivity index (χ4n) is 3.69. The van der Waals surface area contributed by atoms with Crippen LogP contribution < -0.4 is 5.32 Å². The monoisotopic (exact) mass is 415 g/mol. The highest BCUT2D eigenvalue weighted by Gasteiger charge is 2.26. The quantitative estimate of drug-likeness (QED) is 0.705. The second kappa shape index (κ2) is 9.87. The minimum atomic E-state index is -0.314. The first-order chi connectivity index (χ1) is 14.0. The van der Waals surface area contributed by atoms with Gasteiger partial charge < -0.3 is 10.2 Å². The number of carbonyl (C=O) groups excluding carboxylic acids is 2. The van der Waals surface area contributed by atoms with E-state index in [-0.39, 0.29) is 17.6 Å². The van der Waals surface area contributed by atoms with Gasteiger partial charge in [0.25, 0.3) is 5.91 Å². The van der Waals surface area contributed by atoms with Gasteiger partial charge in [0, 0.05) is 31.4 Å². The van der Waals surface area contributed by atoms with E-state index in [4.69, 9.17) is 0 Å². The Kier molecular flexibility index (Phi) is 7.25. The number of aryl methyl sites for hydroxylation is 1. The van der Waals surface area contributed by atoms with E-state index in [0.29, 0.717) is 35.7 Å². The zero-order chi connectivity index (χ0) is 20.8. The molecule has 0 bridgehead atoms. The standard InChI is InChI=1S/C22H26FN3O2S/c1-15-13-17(23)8-9-19(15)25-20(27)10-7-16-5-4-12-26(14-16)22(28)18-6-3-11-24-21(18)29-2/h3,6,8-9,11,13,16H,4-5,7,10,12,14H2,1-2H3,(H,25,27). The number of pyridine rings is 1. The second-order valence-electron chi connectivity index (χ2n) is 7.37. The van der Waals surface area contributed by atoms with Crippen molar-refractivity contribution in [3.63, 3.8) is 0 Å². The minimum absolute atomic E-state index is 0.0125. The molecule has 2 amide bonds. The fraction of sp³-hybridized carbons (Fsp3) is 0.409. The van der Waals surface area contributed by atoms with Crippen LogP contribution in [0.4, 0.5) is 10.1 Å². The van der Waals surface area contributed by atoms with Crippen LogP contribution in [0.15, 0.2) is 41.6 Å². The molecule has 1 aliphatic rings. The molecule has 2 aromatic rings. The number of piperidine rings is 1. The Bertz CT molecular complexity index is 890. The summed E-state index contributed by atoms with van der Waals surface area (Å²) >= 11 is 1.47. The highest BCUT2D eigenvalue weighted by Crippen LogP contribution is 2.25. The van der Waals surface area contributed by atoms with E-state index in [1.807, 2.05) is 17.2 Å². The molecule has 7 heteroatoms. The maximum absolute atomic E-state index is 13.2. The van der Waals surface area contributed by atoms with Gasteiger partial charge in [0.15, 0.2) is 0 Å². The van der Waals surface area contributed by atoms with Gasteiger partial charge in [0.05, 0.1) is 5.56 Å². The van der Waals surface area contributed by atoms with Crippen LogP contribution in [0.1, 0.15) is 41.6 Å². The minimum Gasteiger partial charge on any atom is -0.338 e. The first-order valence-electron chi connectivity index (χ1n) is 9.82. The molecule has 1 aromatic carbocycles. The van der Waals surface area contributed by atoms with Crippen molar-refractivity contribution >= 4 is 29.3 Å². The van der Waals surface area contributed by atoms with Crippen molar-refractivity contribution < 1.29 is 14.0 Å². The highest BCUT2D eigenvalue weighted by molar-refractivity contribution is 7.98. The fourth-order valence-corrected chi connectivity index (χ4v) is 4.23. The van der Waals surface area contributed by atoms with Gasteiger partial charge >= 0.3 is 0 Å². The third-order valence-electron chi connectivity index (χ3n) is 5.24. The molecule has 29 heavy (non-hydrogen) atoms. The number of aromatic nitrogens is 1. The van der Waals surface area contributed by atoms with Crippen LogP contribution in [0.5, 0.6) is 0 Å². The molecule has 2 heterocycles. The van der Waals surface area contributed by atoms with Crippen LogP contribution >= 0.6 is 11.8 Å². The Morgan fingerprint density at radius 1 is 1.34 bits per heavy atom. The van der Waals surface area contributed by atoms with Crippen molar-refractivity contribution in [2.45, 2.75) is 37.6 Å². The number of amides is 2. The van der Waals surface area contributed by atoms with E-state index in [1.165, 1.54) is 23.9 Å². The Hall–Kier alpha value is -2.41. The SMILES string of the molecule is CSc1ncccc1C(=O)N1CCCC(CCC(=O)Nc2ccc(F)cc2C)C1. The summed E-state index contributed by atoms with van der Waals surface area (Å²) in [7, 11) is 0. The summed E-state index contributed by atoms with van der Waals surface area (Å²) in [6.45, 7) is 3.16. The van der Waals surface area contributed by atoms with Crippen molar-refractivity contribution in [1.29, 1.82) is 0 Å². The van der Waals surface area contributed by atoms with Gasteiger partial charge in [0.2, 0.25) is 5.91 Å². The van der Waals surface area contributed by atoms with E-state index in [2.05, 4.69) is 10.3 Å². The first-order valence-corrected chi connectivity index (χ1v) is 11.0. The van der Waals surface area contributed by atoms with Gasteiger partial charge in [-0.05, 0) is 74.3 Å². The molecule has 1 aliphatic heterocycles. The second-order valence-corrected chi connectivity index (χ2v) is 8.16. The molecule has 0 aliphatic carbocycles. The molecule has 1 atom stereocenters. The van der Waals surface area contributed by atoms with Crippen molar-refractivity contribution in [1.82, 2.24) is 9.88 Å². The lowest BCUT2D eigenvalue weighted by atomic mass is 9.93. The Morgan fingerprint density at radius 3 is 2.93 bits per heavy atom. The number of benzene rings is 1. The predicted molar refractivity (Wildman–Crippen MR) is 114 cm³/mol. The molecule has 0 spiro atoms. The molecule has 0 saturated carbocycles. The molecule has 154 valence electrons. The molecule has 1 unspecified atom stereocenters. The predicted octanol–water partition coefficient (Wildman–Crippen LogP) is 4.52. The summed E-state index contributed by atoms with van der Waals surface area (Å²) in [6, 6.07) is 7.94. The van der Waals surface area contributed by atoms with E-state index in [9.17, 15) is 14.0 Å². The van der Waals surface area contributed by atoms with E-state index < -0.39 is 0 Å². The molecule has 1 saturated heterocycles. The number of nitrogens with zero attached hydrogens (tertiary/aromatic N) is 2. The van der Waals surface area contributed by atoms with E-state index in [1.54, 1.807) is 25.3 Å². The van der Waals surface area contributed by atoms with Crippen LogP contribution in [-0.2, 0) is 4.79 Å². The zero-order valence-corrected chi connectivity index (χ0v) is 17.6. The van der Waals surface area contributed by atoms with Gasteiger partial charge in [-0.15, -0.1) is 11.8 Å². The summed E-state index contributed by atoms with van der Waals surface area (Å²) in [6.07, 6.45) is 6.66. The molecule has 5 nitrogen and oxygen atoms in total. The smallest absolute Gasteiger partial charge is 0.256 e. The molecular weight excluding hydrogens is 389 g/mol. The number of hydrogen-bond acceptors (Lipinski definition) is 4. The van der Waals surface area contributed by atoms with Crippen molar-refractivity contribution in [3.05, 3.63) is 53.5 Å². The maximum atomic E-state index is 13.2. The van der Waals surface area contributed by atoms with Crippen molar-refractivity contribution in [2.24, 2.45) is 5.92 Å². The van der Waals surface area contributed by atoms with Crippen LogP contribution in [0.3, 0.4) is 0 Å². The molecule has 1 aromatic heterocycles. The van der Waals surface area contributed by atoms with Gasteiger partial charge in [-0.2, -0.15) is 0 Å². The van der Waals surface area contributed by atoms with E-state index >= 15 is 0 Å². The van der Waals surface area contributed by atoms with Crippen LogP contribution in [0.2, 0.25) is 0 Å². The molecular formula is C22H26FN3O2S. The molecule has 0 radical (unpaired) electrons. The Morgan fingerprint density at radius 2 is 2.17 bits per heavy atom. The number of rotatable bonds is 6. The number of thioether (sulfide) groups is 1. The van der Waals surface area contributed by atoms with Crippen LogP contribution in [-0.4, -0.2) is 41.0 Å². The van der Waals surface area contributed by atoms with Gasteiger partial charge in [-0.1, -0.05) is 0 Å². The van der Waals surface area contributed by atoms with Crippen LogP contribution in [0, 0.1) is 18.7 Å². The molecule has 1 N–H and O–H groups in total. The Labute approximate surface area is 175 Å². The van der Waals surface area contributed by atoms with Crippen molar-refractivity contribution in [2.75, 3.05) is 24.7 Å². The zero-order valence-electron chi connectivity index (χ0n) is 16.8. The van der Waals surface area contributed by atoms with Crippen molar-refractivity contribution in [3.8, 4) is 0 Å². The lowest BCUT2D eigenvalue weighted by molar-refractivity contribution is -0.116. The van der Waals surface area contributed by atoms with Gasteiger partial charge in [-0.25, -0.2) is 9.37 Å². The summed E-state index contributed by atoms with van der Waals surface area (Å²) < 4.78 is 13.2. The third kappa shape index (κ3) is 5.56. The summed E-state index contributed by atoms with van der Waals surface area (Å²) in [5.74, 6) is -0.0912. The number of carbonyl (C=O) groups is 2. The average Bonchev–Trinajstić information content (AvgIpc) is 2.74. The summed E-state index contributed by atoms with van der Waals surface area (Å²) in [4.78, 5) is 31.4. The number of anilines is 1. The topological polar surface area (TPSA) is 62.3 Å². The van der Waals surface area contributed by atoms with Crippen LogP contribution in [0.25, 0.3) is 0 Å². The first kappa shape index (κ1) is 21.3. The largest absolute Gasteiger partial charge is 0.338 e. The number of halogens is 1. The highest BCUT2D eigenvalue weighted by atomic mass is 32.2. The lowest BCUT2D eigenvalue weighted by Gasteiger charge is -2.33.